The Morgan fingerprint density at radius 1 is 1.30 bits per heavy atom. The molecule has 9 heteroatoms. The van der Waals surface area contributed by atoms with Gasteiger partial charge >= 0.3 is 11.9 Å². The first kappa shape index (κ1) is 15.9. The molecule has 20 heavy (non-hydrogen) atoms. The van der Waals surface area contributed by atoms with E-state index < -0.39 is 30.0 Å². The van der Waals surface area contributed by atoms with Crippen LogP contribution >= 0.6 is 15.9 Å². The molecule has 0 radical (unpaired) electrons. The van der Waals surface area contributed by atoms with Gasteiger partial charge in [-0.1, -0.05) is 0 Å². The van der Waals surface area contributed by atoms with E-state index in [1.807, 2.05) is 0 Å². The summed E-state index contributed by atoms with van der Waals surface area (Å²) in [5.74, 6) is -2.40. The van der Waals surface area contributed by atoms with Crippen LogP contribution in [0.25, 0.3) is 0 Å². The zero-order chi connectivity index (χ0) is 15.4. The number of carbonyl (C=O) groups is 2. The number of benzene rings is 1. The number of hydrogen-bond acceptors (Lipinski definition) is 5. The minimum absolute atomic E-state index is 0.133. The van der Waals surface area contributed by atoms with Gasteiger partial charge in [-0.25, -0.2) is 0 Å². The van der Waals surface area contributed by atoms with E-state index in [1.54, 1.807) is 0 Å². The lowest BCUT2D eigenvalue weighted by Gasteiger charge is -2.22. The molecule has 1 aromatic rings. The Morgan fingerprint density at radius 2 is 1.80 bits per heavy atom. The van der Waals surface area contributed by atoms with E-state index in [-0.39, 0.29) is 15.8 Å². The van der Waals surface area contributed by atoms with Crippen molar-refractivity contribution in [3.8, 4) is 0 Å². The number of halogens is 1. The topological polar surface area (TPSA) is 121 Å². The van der Waals surface area contributed by atoms with Crippen molar-refractivity contribution in [2.24, 2.45) is 0 Å². The monoisotopic (exact) mass is 346 g/mol. The summed E-state index contributed by atoms with van der Waals surface area (Å²) in [6, 6.07) is 2.61. The third kappa shape index (κ3) is 3.92. The van der Waals surface area contributed by atoms with E-state index >= 15 is 0 Å². The van der Waals surface area contributed by atoms with Crippen LogP contribution in [0.3, 0.4) is 0 Å². The molecule has 0 amide bonds. The van der Waals surface area contributed by atoms with E-state index in [0.717, 1.165) is 4.90 Å². The Hall–Kier alpha value is -2.16. The van der Waals surface area contributed by atoms with Gasteiger partial charge in [-0.05, 0) is 28.9 Å². The number of carboxylic acids is 2. The smallest absolute Gasteiger partial charge is 0.323 e. The molecule has 1 rings (SSSR count). The van der Waals surface area contributed by atoms with E-state index in [4.69, 9.17) is 10.2 Å². The van der Waals surface area contributed by atoms with Gasteiger partial charge in [-0.15, -0.1) is 0 Å². The molecule has 0 aliphatic heterocycles. The molecule has 0 saturated carbocycles. The molecule has 108 valence electrons. The molecule has 0 heterocycles. The number of nitro benzene ring substituents is 1. The largest absolute Gasteiger partial charge is 0.480 e. The number of aliphatic carboxylic acids is 2. The van der Waals surface area contributed by atoms with Gasteiger partial charge in [-0.3, -0.25) is 19.7 Å². The number of carboxylic acid groups (broad SMARTS) is 2. The van der Waals surface area contributed by atoms with Crippen LogP contribution in [-0.2, 0) is 9.59 Å². The first-order chi connectivity index (χ1) is 9.22. The summed E-state index contributed by atoms with van der Waals surface area (Å²) in [5, 5.41) is 28.4. The minimum Gasteiger partial charge on any atom is -0.480 e. The quantitative estimate of drug-likeness (QED) is 0.593. The Morgan fingerprint density at radius 3 is 2.20 bits per heavy atom. The zero-order valence-corrected chi connectivity index (χ0v) is 12.0. The molecule has 0 aromatic heterocycles. The number of nitro groups is 1. The van der Waals surface area contributed by atoms with Crippen molar-refractivity contribution in [1.29, 1.82) is 0 Å². The van der Waals surface area contributed by atoms with Crippen LogP contribution in [0.4, 0.5) is 11.4 Å². The molecule has 1 aromatic carbocycles. The minimum atomic E-state index is -1.20. The molecule has 0 spiro atoms. The van der Waals surface area contributed by atoms with Gasteiger partial charge in [0.15, 0.2) is 0 Å². The van der Waals surface area contributed by atoms with Gasteiger partial charge in [0.25, 0.3) is 5.69 Å². The molecule has 8 nitrogen and oxygen atoms in total. The summed E-state index contributed by atoms with van der Waals surface area (Å²) in [7, 11) is 0. The van der Waals surface area contributed by atoms with E-state index in [0.29, 0.717) is 5.56 Å². The molecular formula is C11H11BrN2O6. The Bertz CT molecular complexity index is 558. The summed E-state index contributed by atoms with van der Waals surface area (Å²) in [6.07, 6.45) is 0. The summed E-state index contributed by atoms with van der Waals surface area (Å²) in [5.41, 5.74) is 0.457. The number of nitrogens with zero attached hydrogens (tertiary/aromatic N) is 2. The van der Waals surface area contributed by atoms with Gasteiger partial charge < -0.3 is 15.1 Å². The van der Waals surface area contributed by atoms with Crippen LogP contribution in [0.5, 0.6) is 0 Å². The normalized spacial score (nSPS) is 10.1. The Balaban J connectivity index is 3.26. The van der Waals surface area contributed by atoms with Gasteiger partial charge in [0, 0.05) is 16.1 Å². The highest BCUT2D eigenvalue weighted by Gasteiger charge is 2.21. The summed E-state index contributed by atoms with van der Waals surface area (Å²) in [4.78, 5) is 32.9. The van der Waals surface area contributed by atoms with Crippen molar-refractivity contribution in [2.45, 2.75) is 6.92 Å². The predicted octanol–water partition coefficient (Wildman–Crippen LogP) is 1.64. The van der Waals surface area contributed by atoms with Crippen LogP contribution in [0.1, 0.15) is 5.56 Å². The molecule has 0 aliphatic carbocycles. The fourth-order valence-electron chi connectivity index (χ4n) is 1.65. The molecule has 0 atom stereocenters. The first-order valence-electron chi connectivity index (χ1n) is 5.35. The van der Waals surface area contributed by atoms with Crippen LogP contribution in [-0.4, -0.2) is 40.2 Å². The number of anilines is 1. The Labute approximate surface area is 121 Å². The Kier molecular flexibility index (Phi) is 5.03. The second-order valence-corrected chi connectivity index (χ2v) is 4.85. The molecular weight excluding hydrogens is 336 g/mol. The van der Waals surface area contributed by atoms with E-state index in [9.17, 15) is 19.7 Å². The van der Waals surface area contributed by atoms with Gasteiger partial charge in [0.05, 0.1) is 10.6 Å². The highest BCUT2D eigenvalue weighted by molar-refractivity contribution is 9.10. The van der Waals surface area contributed by atoms with E-state index in [1.165, 1.54) is 19.1 Å². The fourth-order valence-corrected chi connectivity index (χ4v) is 2.23. The maximum absolute atomic E-state index is 10.8. The van der Waals surface area contributed by atoms with Gasteiger partial charge in [0.2, 0.25) is 0 Å². The maximum Gasteiger partial charge on any atom is 0.323 e. The van der Waals surface area contributed by atoms with E-state index in [2.05, 4.69) is 15.9 Å². The van der Waals surface area contributed by atoms with Crippen molar-refractivity contribution in [1.82, 2.24) is 0 Å². The van der Waals surface area contributed by atoms with Crippen molar-refractivity contribution in [2.75, 3.05) is 18.0 Å². The molecule has 0 fully saturated rings. The maximum atomic E-state index is 10.8. The highest BCUT2D eigenvalue weighted by atomic mass is 79.9. The zero-order valence-electron chi connectivity index (χ0n) is 10.4. The third-order valence-electron chi connectivity index (χ3n) is 2.46. The lowest BCUT2D eigenvalue weighted by molar-refractivity contribution is -0.385. The number of rotatable bonds is 6. The number of aryl methyl sites for hydroxylation is 1. The van der Waals surface area contributed by atoms with Gasteiger partial charge in [0.1, 0.15) is 13.1 Å². The van der Waals surface area contributed by atoms with Crippen molar-refractivity contribution in [3.63, 3.8) is 0 Å². The van der Waals surface area contributed by atoms with Crippen molar-refractivity contribution >= 4 is 39.2 Å². The molecule has 0 aliphatic rings. The summed E-state index contributed by atoms with van der Waals surface area (Å²) >= 11 is 3.10. The molecule has 0 unspecified atom stereocenters. The predicted molar refractivity (Wildman–Crippen MR) is 73.0 cm³/mol. The van der Waals surface area contributed by atoms with Crippen molar-refractivity contribution in [3.05, 3.63) is 32.3 Å². The average molecular weight is 347 g/mol. The fraction of sp³-hybridized carbons (Fsp3) is 0.273. The number of hydrogen-bond donors (Lipinski definition) is 2. The third-order valence-corrected chi connectivity index (χ3v) is 3.09. The standard InChI is InChI=1S/C11H11BrN2O6/c1-6-2-9(7(12)3-8(6)14(19)20)13(4-10(15)16)5-11(17)18/h2-3H,4-5H2,1H3,(H,15,16)(H,17,18). The molecule has 0 bridgehead atoms. The SMILES string of the molecule is Cc1cc(N(CC(=O)O)CC(=O)O)c(Br)cc1[N+](=O)[O-]. The lowest BCUT2D eigenvalue weighted by Crippen LogP contribution is -2.34. The summed E-state index contributed by atoms with van der Waals surface area (Å²) < 4.78 is 0.261. The first-order valence-corrected chi connectivity index (χ1v) is 6.14. The van der Waals surface area contributed by atoms with Gasteiger partial charge in [-0.2, -0.15) is 0 Å². The molecule has 0 saturated heterocycles. The highest BCUT2D eigenvalue weighted by Crippen LogP contribution is 2.33. The average Bonchev–Trinajstić information content (AvgIpc) is 2.29. The van der Waals surface area contributed by atoms with Crippen LogP contribution in [0.2, 0.25) is 0 Å². The molecule has 2 N–H and O–H groups in total. The van der Waals surface area contributed by atoms with Crippen molar-refractivity contribution < 1.29 is 24.7 Å². The summed E-state index contributed by atoms with van der Waals surface area (Å²) in [6.45, 7) is 0.443. The second-order valence-electron chi connectivity index (χ2n) is 3.99. The van der Waals surface area contributed by atoms with Crippen LogP contribution in [0.15, 0.2) is 16.6 Å². The van der Waals surface area contributed by atoms with Crippen LogP contribution in [0, 0.1) is 17.0 Å². The lowest BCUT2D eigenvalue weighted by atomic mass is 10.1. The second kappa shape index (κ2) is 6.33. The van der Waals surface area contributed by atoms with Crippen LogP contribution < -0.4 is 4.90 Å².